The highest BCUT2D eigenvalue weighted by atomic mass is 16.5. The highest BCUT2D eigenvalue weighted by Crippen LogP contribution is 1.98. The molecule has 0 radical (unpaired) electrons. The van der Waals surface area contributed by atoms with E-state index in [4.69, 9.17) is 4.74 Å². The molecular weight excluding hydrogens is 118 g/mol. The Balaban J connectivity index is 2.48. The van der Waals surface area contributed by atoms with E-state index in [-0.39, 0.29) is 6.10 Å². The lowest BCUT2D eigenvalue weighted by atomic mass is 10.5. The normalized spacial score (nSPS) is 10.1. The third-order valence-corrected chi connectivity index (χ3v) is 0.740. The summed E-state index contributed by atoms with van der Waals surface area (Å²) in [4.78, 5) is 3.77. The Bertz CT molecular complexity index is 159. The van der Waals surface area contributed by atoms with Crippen LogP contribution in [0.2, 0.25) is 0 Å². The fourth-order valence-corrected chi connectivity index (χ4v) is 0.474. The van der Waals surface area contributed by atoms with Crippen LogP contribution in [-0.4, -0.2) is 21.3 Å². The standard InChI is InChI=1S/C5H9N3O/c1-4(2)9-5-6-3-7-8-5/h3-4H,1-2H3,(H,6,7,8). The number of aromatic nitrogens is 3. The van der Waals surface area contributed by atoms with Crippen molar-refractivity contribution in [2.75, 3.05) is 0 Å². The van der Waals surface area contributed by atoms with Crippen LogP contribution in [0.3, 0.4) is 0 Å². The molecule has 1 N–H and O–H groups in total. The lowest BCUT2D eigenvalue weighted by Gasteiger charge is -2.02. The van der Waals surface area contributed by atoms with Gasteiger partial charge in [0.1, 0.15) is 6.33 Å². The molecule has 0 fully saturated rings. The van der Waals surface area contributed by atoms with Crippen molar-refractivity contribution < 1.29 is 4.74 Å². The second-order valence-electron chi connectivity index (χ2n) is 1.96. The molecule has 0 bridgehead atoms. The summed E-state index contributed by atoms with van der Waals surface area (Å²) in [6, 6.07) is 0.477. The first kappa shape index (κ1) is 6.07. The Morgan fingerprint density at radius 2 is 2.44 bits per heavy atom. The van der Waals surface area contributed by atoms with Crippen molar-refractivity contribution >= 4 is 0 Å². The quantitative estimate of drug-likeness (QED) is 0.632. The lowest BCUT2D eigenvalue weighted by Crippen LogP contribution is -2.06. The van der Waals surface area contributed by atoms with Crippen molar-refractivity contribution in [3.8, 4) is 6.01 Å². The van der Waals surface area contributed by atoms with Crippen LogP contribution < -0.4 is 4.74 Å². The second-order valence-corrected chi connectivity index (χ2v) is 1.96. The van der Waals surface area contributed by atoms with E-state index < -0.39 is 0 Å². The molecule has 0 atom stereocenters. The van der Waals surface area contributed by atoms with Gasteiger partial charge in [0.05, 0.1) is 6.10 Å². The fraction of sp³-hybridized carbons (Fsp3) is 0.600. The number of aromatic amines is 1. The molecule has 0 aliphatic carbocycles. The number of hydrogen-bond acceptors (Lipinski definition) is 3. The maximum atomic E-state index is 5.12. The molecule has 1 aromatic rings. The Hall–Kier alpha value is -1.06. The van der Waals surface area contributed by atoms with Crippen LogP contribution in [0, 0.1) is 0 Å². The summed E-state index contributed by atoms with van der Waals surface area (Å²) in [6.07, 6.45) is 1.57. The number of rotatable bonds is 2. The van der Waals surface area contributed by atoms with Crippen molar-refractivity contribution in [3.05, 3.63) is 6.33 Å². The van der Waals surface area contributed by atoms with E-state index in [9.17, 15) is 0 Å². The molecule has 1 aromatic heterocycles. The van der Waals surface area contributed by atoms with Crippen molar-refractivity contribution in [1.29, 1.82) is 0 Å². The van der Waals surface area contributed by atoms with E-state index in [2.05, 4.69) is 15.2 Å². The van der Waals surface area contributed by atoms with Gasteiger partial charge in [0.2, 0.25) is 0 Å². The topological polar surface area (TPSA) is 50.8 Å². The number of nitrogens with zero attached hydrogens (tertiary/aromatic N) is 2. The molecule has 0 aliphatic heterocycles. The maximum absolute atomic E-state index is 5.12. The molecule has 0 saturated heterocycles. The van der Waals surface area contributed by atoms with Crippen LogP contribution in [0.15, 0.2) is 6.33 Å². The number of hydrogen-bond donors (Lipinski definition) is 1. The van der Waals surface area contributed by atoms with Gasteiger partial charge in [0.15, 0.2) is 0 Å². The molecule has 4 heteroatoms. The second kappa shape index (κ2) is 2.48. The first-order valence-electron chi connectivity index (χ1n) is 2.81. The summed E-state index contributed by atoms with van der Waals surface area (Å²) in [5.74, 6) is 0. The number of H-pyrrole nitrogens is 1. The molecule has 0 unspecified atom stereocenters. The van der Waals surface area contributed by atoms with E-state index in [0.717, 1.165) is 0 Å². The minimum absolute atomic E-state index is 0.151. The zero-order valence-electron chi connectivity index (χ0n) is 5.46. The van der Waals surface area contributed by atoms with Gasteiger partial charge in [-0.25, -0.2) is 5.10 Å². The molecule has 4 nitrogen and oxygen atoms in total. The van der Waals surface area contributed by atoms with Crippen LogP contribution in [0.1, 0.15) is 13.8 Å². The fourth-order valence-electron chi connectivity index (χ4n) is 0.474. The predicted octanol–water partition coefficient (Wildman–Crippen LogP) is 0.592. The molecular formula is C5H9N3O. The number of ether oxygens (including phenoxy) is 1. The monoisotopic (exact) mass is 127 g/mol. The molecule has 0 amide bonds. The largest absolute Gasteiger partial charge is 0.461 e. The summed E-state index contributed by atoms with van der Waals surface area (Å²) in [7, 11) is 0. The van der Waals surface area contributed by atoms with E-state index in [1.165, 1.54) is 6.33 Å². The third kappa shape index (κ3) is 1.71. The average Bonchev–Trinajstić information content (AvgIpc) is 2.15. The smallest absolute Gasteiger partial charge is 0.312 e. The molecule has 9 heavy (non-hydrogen) atoms. The summed E-state index contributed by atoms with van der Waals surface area (Å²) in [5, 5.41) is 6.20. The summed E-state index contributed by atoms with van der Waals surface area (Å²) in [5.41, 5.74) is 0. The SMILES string of the molecule is CC(C)Oc1ncn[nH]1. The van der Waals surface area contributed by atoms with Gasteiger partial charge in [-0.3, -0.25) is 0 Å². The predicted molar refractivity (Wildman–Crippen MR) is 32.1 cm³/mol. The van der Waals surface area contributed by atoms with Crippen molar-refractivity contribution in [2.45, 2.75) is 20.0 Å². The molecule has 1 heterocycles. The van der Waals surface area contributed by atoms with Crippen LogP contribution in [0.5, 0.6) is 6.01 Å². The summed E-state index contributed by atoms with van der Waals surface area (Å²) >= 11 is 0. The lowest BCUT2D eigenvalue weighted by molar-refractivity contribution is 0.223. The Morgan fingerprint density at radius 3 is 2.89 bits per heavy atom. The number of nitrogens with one attached hydrogen (secondary N) is 1. The minimum atomic E-state index is 0.151. The van der Waals surface area contributed by atoms with Gasteiger partial charge in [0.25, 0.3) is 0 Å². The van der Waals surface area contributed by atoms with Gasteiger partial charge in [-0.15, -0.1) is 0 Å². The van der Waals surface area contributed by atoms with Crippen LogP contribution in [0.25, 0.3) is 0 Å². The Morgan fingerprint density at radius 1 is 1.67 bits per heavy atom. The Kier molecular flexibility index (Phi) is 1.67. The molecule has 0 saturated carbocycles. The van der Waals surface area contributed by atoms with E-state index in [1.807, 2.05) is 13.8 Å². The van der Waals surface area contributed by atoms with Crippen molar-refractivity contribution in [2.24, 2.45) is 0 Å². The van der Waals surface area contributed by atoms with Gasteiger partial charge in [-0.2, -0.15) is 10.1 Å². The minimum Gasteiger partial charge on any atom is -0.461 e. The summed E-state index contributed by atoms with van der Waals surface area (Å²) in [6.45, 7) is 3.87. The first-order valence-corrected chi connectivity index (χ1v) is 2.81. The van der Waals surface area contributed by atoms with Crippen molar-refractivity contribution in [3.63, 3.8) is 0 Å². The maximum Gasteiger partial charge on any atom is 0.312 e. The Labute approximate surface area is 53.3 Å². The zero-order valence-corrected chi connectivity index (χ0v) is 5.46. The molecule has 1 rings (SSSR count). The highest BCUT2D eigenvalue weighted by molar-refractivity contribution is 4.85. The first-order chi connectivity index (χ1) is 4.29. The van der Waals surface area contributed by atoms with E-state index in [1.54, 1.807) is 0 Å². The van der Waals surface area contributed by atoms with Gasteiger partial charge >= 0.3 is 6.01 Å². The van der Waals surface area contributed by atoms with E-state index >= 15 is 0 Å². The molecule has 0 aliphatic rings. The van der Waals surface area contributed by atoms with Gasteiger partial charge < -0.3 is 4.74 Å². The average molecular weight is 127 g/mol. The van der Waals surface area contributed by atoms with Gasteiger partial charge in [-0.1, -0.05) is 0 Å². The highest BCUT2D eigenvalue weighted by Gasteiger charge is 1.96. The van der Waals surface area contributed by atoms with E-state index in [0.29, 0.717) is 6.01 Å². The van der Waals surface area contributed by atoms with Crippen LogP contribution in [-0.2, 0) is 0 Å². The van der Waals surface area contributed by atoms with Gasteiger partial charge in [-0.05, 0) is 13.8 Å². The third-order valence-electron chi connectivity index (χ3n) is 0.740. The summed E-state index contributed by atoms with van der Waals surface area (Å²) < 4.78 is 5.12. The van der Waals surface area contributed by atoms with Crippen LogP contribution in [0.4, 0.5) is 0 Å². The molecule has 0 aromatic carbocycles. The van der Waals surface area contributed by atoms with Crippen LogP contribution >= 0.6 is 0 Å². The zero-order chi connectivity index (χ0) is 6.69. The van der Waals surface area contributed by atoms with Gasteiger partial charge in [0, 0.05) is 0 Å². The molecule has 0 spiro atoms. The van der Waals surface area contributed by atoms with Crippen molar-refractivity contribution in [1.82, 2.24) is 15.2 Å². The molecule has 50 valence electrons.